The summed E-state index contributed by atoms with van der Waals surface area (Å²) in [5.74, 6) is -2.71. The van der Waals surface area contributed by atoms with E-state index in [1.807, 2.05) is 5.32 Å². The van der Waals surface area contributed by atoms with Gasteiger partial charge in [-0.05, 0) is 25.1 Å². The summed E-state index contributed by atoms with van der Waals surface area (Å²) in [6.07, 6.45) is -1.27. The van der Waals surface area contributed by atoms with Crippen molar-refractivity contribution in [3.8, 4) is 0 Å². The van der Waals surface area contributed by atoms with Gasteiger partial charge in [0.1, 0.15) is 5.82 Å². The first-order valence-corrected chi connectivity index (χ1v) is 5.91. The second kappa shape index (κ2) is 6.85. The number of benzene rings is 1. The van der Waals surface area contributed by atoms with Crippen LogP contribution < -0.4 is 10.6 Å². The normalized spacial score (nSPS) is 11.4. The minimum Gasteiger partial charge on any atom is -0.449 e. The molecular weight excluding hydrogens is 291 g/mol. The zero-order chi connectivity index (χ0) is 15.3. The van der Waals surface area contributed by atoms with Crippen LogP contribution in [0.3, 0.4) is 0 Å². The second-order valence-corrected chi connectivity index (χ2v) is 4.18. The maximum Gasteiger partial charge on any atom is 0.341 e. The molecule has 0 aliphatic carbocycles. The highest BCUT2D eigenvalue weighted by Gasteiger charge is 2.22. The van der Waals surface area contributed by atoms with E-state index >= 15 is 0 Å². The minimum atomic E-state index is -1.27. The SMILES string of the molecule is CNC(=O)NC(=O)[C@H](C)OC(=O)c1cc(Cl)ccc1F. The third-order valence-electron chi connectivity index (χ3n) is 2.27. The topological polar surface area (TPSA) is 84.5 Å². The number of ether oxygens (including phenoxy) is 1. The molecule has 1 atom stereocenters. The number of amides is 3. The second-order valence-electron chi connectivity index (χ2n) is 3.74. The fraction of sp³-hybridized carbons (Fsp3) is 0.250. The molecule has 3 amide bonds. The summed E-state index contributed by atoms with van der Waals surface area (Å²) >= 11 is 5.64. The summed E-state index contributed by atoms with van der Waals surface area (Å²) in [6, 6.07) is 2.62. The molecule has 0 radical (unpaired) electrons. The lowest BCUT2D eigenvalue weighted by molar-refractivity contribution is -0.127. The molecule has 20 heavy (non-hydrogen) atoms. The number of carbonyl (C=O) groups excluding carboxylic acids is 3. The van der Waals surface area contributed by atoms with Gasteiger partial charge in [0.05, 0.1) is 5.56 Å². The van der Waals surface area contributed by atoms with Gasteiger partial charge in [-0.2, -0.15) is 0 Å². The van der Waals surface area contributed by atoms with Crippen molar-refractivity contribution in [2.24, 2.45) is 0 Å². The van der Waals surface area contributed by atoms with E-state index in [2.05, 4.69) is 5.32 Å². The third-order valence-corrected chi connectivity index (χ3v) is 2.50. The van der Waals surface area contributed by atoms with Crippen LogP contribution >= 0.6 is 11.6 Å². The van der Waals surface area contributed by atoms with E-state index < -0.39 is 35.4 Å². The lowest BCUT2D eigenvalue weighted by atomic mass is 10.2. The molecule has 0 bridgehead atoms. The van der Waals surface area contributed by atoms with Crippen LogP contribution in [0.5, 0.6) is 0 Å². The Morgan fingerprint density at radius 3 is 2.60 bits per heavy atom. The van der Waals surface area contributed by atoms with E-state index in [-0.39, 0.29) is 5.02 Å². The molecule has 0 spiro atoms. The first-order chi connectivity index (χ1) is 9.35. The van der Waals surface area contributed by atoms with Crippen molar-refractivity contribution >= 4 is 29.5 Å². The van der Waals surface area contributed by atoms with E-state index in [1.54, 1.807) is 0 Å². The van der Waals surface area contributed by atoms with Crippen LogP contribution in [0.4, 0.5) is 9.18 Å². The van der Waals surface area contributed by atoms with Crippen LogP contribution in [0.25, 0.3) is 0 Å². The first-order valence-electron chi connectivity index (χ1n) is 5.53. The van der Waals surface area contributed by atoms with E-state index in [9.17, 15) is 18.8 Å². The molecule has 1 rings (SSSR count). The molecule has 0 aromatic heterocycles. The Labute approximate surface area is 119 Å². The maximum absolute atomic E-state index is 13.4. The first kappa shape index (κ1) is 15.9. The van der Waals surface area contributed by atoms with Gasteiger partial charge < -0.3 is 10.1 Å². The summed E-state index contributed by atoms with van der Waals surface area (Å²) in [5, 5.41) is 4.24. The predicted octanol–water partition coefficient (Wildman–Crippen LogP) is 1.48. The third kappa shape index (κ3) is 4.20. The summed E-state index contributed by atoms with van der Waals surface area (Å²) < 4.78 is 18.2. The maximum atomic E-state index is 13.4. The average Bonchev–Trinajstić information content (AvgIpc) is 2.40. The molecular formula is C12H12ClFN2O4. The molecule has 0 fully saturated rings. The average molecular weight is 303 g/mol. The molecule has 8 heteroatoms. The number of imide groups is 1. The smallest absolute Gasteiger partial charge is 0.341 e. The van der Waals surface area contributed by atoms with Gasteiger partial charge in [-0.3, -0.25) is 10.1 Å². The highest BCUT2D eigenvalue weighted by atomic mass is 35.5. The standard InChI is InChI=1S/C12H12ClFN2O4/c1-6(10(17)16-12(19)15-2)20-11(18)8-5-7(13)3-4-9(8)14/h3-6H,1-2H3,(H2,15,16,17,19)/t6-/m0/s1. The lowest BCUT2D eigenvalue weighted by Gasteiger charge is -2.13. The zero-order valence-corrected chi connectivity index (χ0v) is 11.5. The van der Waals surface area contributed by atoms with Crippen molar-refractivity contribution in [3.05, 3.63) is 34.6 Å². The Hall–Kier alpha value is -2.15. The van der Waals surface area contributed by atoms with Crippen LogP contribution in [-0.4, -0.2) is 31.1 Å². The van der Waals surface area contributed by atoms with Crippen molar-refractivity contribution < 1.29 is 23.5 Å². The van der Waals surface area contributed by atoms with Crippen LogP contribution in [0.2, 0.25) is 5.02 Å². The van der Waals surface area contributed by atoms with Crippen LogP contribution in [0.1, 0.15) is 17.3 Å². The molecule has 2 N–H and O–H groups in total. The number of hydrogen-bond donors (Lipinski definition) is 2. The van der Waals surface area contributed by atoms with E-state index in [1.165, 1.54) is 20.0 Å². The summed E-state index contributed by atoms with van der Waals surface area (Å²) in [7, 11) is 1.32. The van der Waals surface area contributed by atoms with Gasteiger partial charge in [-0.15, -0.1) is 0 Å². The number of esters is 1. The quantitative estimate of drug-likeness (QED) is 0.828. The Bertz CT molecular complexity index is 550. The largest absolute Gasteiger partial charge is 0.449 e. The Kier molecular flexibility index (Phi) is 5.45. The number of carbonyl (C=O) groups is 3. The summed E-state index contributed by atoms with van der Waals surface area (Å²) in [5.41, 5.74) is -0.392. The molecule has 108 valence electrons. The van der Waals surface area contributed by atoms with Gasteiger partial charge >= 0.3 is 12.0 Å². The van der Waals surface area contributed by atoms with Crippen molar-refractivity contribution in [2.75, 3.05) is 7.05 Å². The summed E-state index contributed by atoms with van der Waals surface area (Å²) in [4.78, 5) is 34.1. The van der Waals surface area contributed by atoms with E-state index in [0.29, 0.717) is 0 Å². The van der Waals surface area contributed by atoms with Crippen LogP contribution in [0.15, 0.2) is 18.2 Å². The molecule has 0 aliphatic heterocycles. The van der Waals surface area contributed by atoms with Gasteiger partial charge in [0.15, 0.2) is 6.10 Å². The van der Waals surface area contributed by atoms with Gasteiger partial charge in [-0.25, -0.2) is 14.0 Å². The van der Waals surface area contributed by atoms with E-state index in [4.69, 9.17) is 16.3 Å². The number of rotatable bonds is 3. The van der Waals surface area contributed by atoms with Gasteiger partial charge in [-0.1, -0.05) is 11.6 Å². The Morgan fingerprint density at radius 1 is 1.35 bits per heavy atom. The number of hydrogen-bond acceptors (Lipinski definition) is 4. The van der Waals surface area contributed by atoms with Crippen LogP contribution in [-0.2, 0) is 9.53 Å². The molecule has 6 nitrogen and oxygen atoms in total. The van der Waals surface area contributed by atoms with Crippen molar-refractivity contribution in [1.82, 2.24) is 10.6 Å². The summed E-state index contributed by atoms with van der Waals surface area (Å²) in [6.45, 7) is 1.25. The molecule has 0 aliphatic rings. The number of urea groups is 1. The fourth-order valence-electron chi connectivity index (χ4n) is 1.21. The lowest BCUT2D eigenvalue weighted by Crippen LogP contribution is -2.43. The molecule has 0 saturated carbocycles. The highest BCUT2D eigenvalue weighted by molar-refractivity contribution is 6.30. The minimum absolute atomic E-state index is 0.154. The fourth-order valence-corrected chi connectivity index (χ4v) is 1.38. The molecule has 0 heterocycles. The zero-order valence-electron chi connectivity index (χ0n) is 10.7. The molecule has 1 aromatic rings. The highest BCUT2D eigenvalue weighted by Crippen LogP contribution is 2.16. The monoisotopic (exact) mass is 302 g/mol. The molecule has 0 unspecified atom stereocenters. The predicted molar refractivity (Wildman–Crippen MR) is 68.9 cm³/mol. The van der Waals surface area contributed by atoms with Crippen LogP contribution in [0, 0.1) is 5.82 Å². The van der Waals surface area contributed by atoms with Gasteiger partial charge in [0.25, 0.3) is 5.91 Å². The van der Waals surface area contributed by atoms with Crippen molar-refractivity contribution in [1.29, 1.82) is 0 Å². The molecule has 0 saturated heterocycles. The van der Waals surface area contributed by atoms with Gasteiger partial charge in [0.2, 0.25) is 0 Å². The van der Waals surface area contributed by atoms with E-state index in [0.717, 1.165) is 12.1 Å². The van der Waals surface area contributed by atoms with Crippen molar-refractivity contribution in [3.63, 3.8) is 0 Å². The Morgan fingerprint density at radius 2 is 2.00 bits per heavy atom. The van der Waals surface area contributed by atoms with Crippen molar-refractivity contribution in [2.45, 2.75) is 13.0 Å². The Balaban J connectivity index is 2.72. The van der Waals surface area contributed by atoms with Gasteiger partial charge in [0, 0.05) is 12.1 Å². The molecule has 1 aromatic carbocycles. The number of halogens is 2. The number of nitrogens with one attached hydrogen (secondary N) is 2.